The van der Waals surface area contributed by atoms with Crippen LogP contribution < -0.4 is 0 Å². The van der Waals surface area contributed by atoms with E-state index in [-0.39, 0.29) is 0 Å². The first-order chi connectivity index (χ1) is 4.42. The Bertz CT molecular complexity index is 109. The van der Waals surface area contributed by atoms with Gasteiger partial charge in [0.1, 0.15) is 0 Å². The SMILES string of the molecule is C=CC(C)C(C)(C)C(C)C. The van der Waals surface area contributed by atoms with Gasteiger partial charge in [-0.25, -0.2) is 0 Å². The van der Waals surface area contributed by atoms with E-state index in [2.05, 4.69) is 41.2 Å². The van der Waals surface area contributed by atoms with E-state index in [4.69, 9.17) is 0 Å². The number of rotatable bonds is 3. The Morgan fingerprint density at radius 2 is 1.60 bits per heavy atom. The van der Waals surface area contributed by atoms with Crippen molar-refractivity contribution in [3.05, 3.63) is 12.7 Å². The van der Waals surface area contributed by atoms with Crippen molar-refractivity contribution in [1.29, 1.82) is 0 Å². The average Bonchev–Trinajstić information content (AvgIpc) is 1.86. The van der Waals surface area contributed by atoms with Crippen LogP contribution in [0.3, 0.4) is 0 Å². The van der Waals surface area contributed by atoms with Crippen molar-refractivity contribution in [3.8, 4) is 0 Å². The van der Waals surface area contributed by atoms with Crippen LogP contribution in [0.1, 0.15) is 34.6 Å². The first-order valence-electron chi connectivity index (χ1n) is 4.05. The second-order valence-electron chi connectivity index (χ2n) is 4.00. The number of hydrogen-bond donors (Lipinski definition) is 0. The van der Waals surface area contributed by atoms with Crippen molar-refractivity contribution in [2.75, 3.05) is 0 Å². The molecule has 0 nitrogen and oxygen atoms in total. The first kappa shape index (κ1) is 9.74. The molecule has 0 aromatic carbocycles. The summed E-state index contributed by atoms with van der Waals surface area (Å²) in [6, 6.07) is 0. The molecular weight excluding hydrogens is 120 g/mol. The van der Waals surface area contributed by atoms with Crippen LogP contribution in [0.25, 0.3) is 0 Å². The highest BCUT2D eigenvalue weighted by Crippen LogP contribution is 2.34. The maximum atomic E-state index is 3.81. The van der Waals surface area contributed by atoms with Crippen molar-refractivity contribution >= 4 is 0 Å². The zero-order valence-electron chi connectivity index (χ0n) is 7.94. The van der Waals surface area contributed by atoms with Crippen LogP contribution in [-0.2, 0) is 0 Å². The molecule has 0 fully saturated rings. The van der Waals surface area contributed by atoms with Gasteiger partial charge in [-0.05, 0) is 17.3 Å². The molecule has 0 radical (unpaired) electrons. The third kappa shape index (κ3) is 1.86. The lowest BCUT2D eigenvalue weighted by Gasteiger charge is -2.33. The van der Waals surface area contributed by atoms with Gasteiger partial charge < -0.3 is 0 Å². The van der Waals surface area contributed by atoms with E-state index in [0.29, 0.717) is 11.3 Å². The van der Waals surface area contributed by atoms with E-state index < -0.39 is 0 Å². The zero-order valence-corrected chi connectivity index (χ0v) is 7.94. The molecular formula is C10H20. The van der Waals surface area contributed by atoms with Gasteiger partial charge in [-0.1, -0.05) is 40.7 Å². The van der Waals surface area contributed by atoms with E-state index in [1.54, 1.807) is 0 Å². The fraction of sp³-hybridized carbons (Fsp3) is 0.800. The topological polar surface area (TPSA) is 0 Å². The molecule has 0 amide bonds. The van der Waals surface area contributed by atoms with E-state index in [1.807, 2.05) is 6.08 Å². The lowest BCUT2D eigenvalue weighted by atomic mass is 9.72. The van der Waals surface area contributed by atoms with Crippen molar-refractivity contribution in [1.82, 2.24) is 0 Å². The Morgan fingerprint density at radius 1 is 1.20 bits per heavy atom. The molecule has 0 aliphatic heterocycles. The van der Waals surface area contributed by atoms with Gasteiger partial charge in [0.05, 0.1) is 0 Å². The Hall–Kier alpha value is -0.260. The summed E-state index contributed by atoms with van der Waals surface area (Å²) < 4.78 is 0. The van der Waals surface area contributed by atoms with Crippen LogP contribution in [0.2, 0.25) is 0 Å². The number of hydrogen-bond acceptors (Lipinski definition) is 0. The molecule has 0 N–H and O–H groups in total. The smallest absolute Gasteiger partial charge is 0.0211 e. The summed E-state index contributed by atoms with van der Waals surface area (Å²) in [5, 5.41) is 0. The van der Waals surface area contributed by atoms with Crippen molar-refractivity contribution < 1.29 is 0 Å². The van der Waals surface area contributed by atoms with Crippen molar-refractivity contribution in [2.45, 2.75) is 34.6 Å². The minimum absolute atomic E-state index is 0.391. The minimum atomic E-state index is 0.391. The summed E-state index contributed by atoms with van der Waals surface area (Å²) in [4.78, 5) is 0. The summed E-state index contributed by atoms with van der Waals surface area (Å²) in [5.41, 5.74) is 0.391. The molecule has 0 aromatic heterocycles. The van der Waals surface area contributed by atoms with Gasteiger partial charge in [-0.2, -0.15) is 0 Å². The van der Waals surface area contributed by atoms with Crippen LogP contribution in [0, 0.1) is 17.3 Å². The predicted octanol–water partition coefficient (Wildman–Crippen LogP) is 3.49. The third-order valence-corrected chi connectivity index (χ3v) is 3.02. The van der Waals surface area contributed by atoms with Gasteiger partial charge >= 0.3 is 0 Å². The summed E-state index contributed by atoms with van der Waals surface area (Å²) in [6.07, 6.45) is 2.04. The Balaban J connectivity index is 4.22. The molecule has 0 heterocycles. The number of allylic oxidation sites excluding steroid dienone is 1. The molecule has 1 unspecified atom stereocenters. The Morgan fingerprint density at radius 3 is 1.70 bits per heavy atom. The molecule has 1 atom stereocenters. The molecule has 10 heavy (non-hydrogen) atoms. The molecule has 0 aliphatic rings. The van der Waals surface area contributed by atoms with Crippen LogP contribution >= 0.6 is 0 Å². The second-order valence-corrected chi connectivity index (χ2v) is 4.00. The van der Waals surface area contributed by atoms with E-state index in [9.17, 15) is 0 Å². The molecule has 0 heteroatoms. The van der Waals surface area contributed by atoms with E-state index in [0.717, 1.165) is 5.92 Å². The fourth-order valence-corrected chi connectivity index (χ4v) is 0.830. The van der Waals surface area contributed by atoms with Crippen LogP contribution in [0.4, 0.5) is 0 Å². The first-order valence-corrected chi connectivity index (χ1v) is 4.05. The molecule has 60 valence electrons. The highest BCUT2D eigenvalue weighted by molar-refractivity contribution is 4.88. The zero-order chi connectivity index (χ0) is 8.36. The lowest BCUT2D eigenvalue weighted by Crippen LogP contribution is -2.26. The molecule has 0 saturated carbocycles. The quantitative estimate of drug-likeness (QED) is 0.526. The third-order valence-electron chi connectivity index (χ3n) is 3.02. The summed E-state index contributed by atoms with van der Waals surface area (Å²) in [6.45, 7) is 15.2. The maximum Gasteiger partial charge on any atom is -0.0211 e. The predicted molar refractivity (Wildman–Crippen MR) is 48.0 cm³/mol. The highest BCUT2D eigenvalue weighted by Gasteiger charge is 2.26. The van der Waals surface area contributed by atoms with Gasteiger partial charge in [0.15, 0.2) is 0 Å². The molecule has 0 bridgehead atoms. The fourth-order valence-electron chi connectivity index (χ4n) is 0.830. The summed E-state index contributed by atoms with van der Waals surface area (Å²) >= 11 is 0. The minimum Gasteiger partial charge on any atom is -0.103 e. The van der Waals surface area contributed by atoms with Gasteiger partial charge in [-0.3, -0.25) is 0 Å². The van der Waals surface area contributed by atoms with Gasteiger partial charge in [-0.15, -0.1) is 6.58 Å². The molecule has 0 aliphatic carbocycles. The van der Waals surface area contributed by atoms with Crippen molar-refractivity contribution in [3.63, 3.8) is 0 Å². The summed E-state index contributed by atoms with van der Waals surface area (Å²) in [7, 11) is 0. The second kappa shape index (κ2) is 3.23. The van der Waals surface area contributed by atoms with Gasteiger partial charge in [0, 0.05) is 0 Å². The van der Waals surface area contributed by atoms with Gasteiger partial charge in [0.25, 0.3) is 0 Å². The Kier molecular flexibility index (Phi) is 3.14. The molecule has 0 rings (SSSR count). The van der Waals surface area contributed by atoms with E-state index >= 15 is 0 Å². The van der Waals surface area contributed by atoms with Crippen molar-refractivity contribution in [2.24, 2.45) is 17.3 Å². The van der Waals surface area contributed by atoms with Crippen LogP contribution in [0.5, 0.6) is 0 Å². The average molecular weight is 140 g/mol. The van der Waals surface area contributed by atoms with E-state index in [1.165, 1.54) is 0 Å². The lowest BCUT2D eigenvalue weighted by molar-refractivity contribution is 0.185. The standard InChI is InChI=1S/C10H20/c1-7-9(4)10(5,6)8(2)3/h7-9H,1H2,2-6H3. The monoisotopic (exact) mass is 140 g/mol. The normalized spacial score (nSPS) is 15.4. The van der Waals surface area contributed by atoms with Crippen LogP contribution in [0.15, 0.2) is 12.7 Å². The molecule has 0 aromatic rings. The summed E-state index contributed by atoms with van der Waals surface area (Å²) in [5.74, 6) is 1.33. The van der Waals surface area contributed by atoms with Gasteiger partial charge in [0.2, 0.25) is 0 Å². The molecule has 0 saturated heterocycles. The molecule has 0 spiro atoms. The Labute approximate surface area is 65.3 Å². The highest BCUT2D eigenvalue weighted by atomic mass is 14.3. The largest absolute Gasteiger partial charge is 0.103 e. The van der Waals surface area contributed by atoms with Crippen LogP contribution in [-0.4, -0.2) is 0 Å². The maximum absolute atomic E-state index is 3.81.